The van der Waals surface area contributed by atoms with Gasteiger partial charge in [-0.15, -0.1) is 0 Å². The molecule has 0 saturated carbocycles. The van der Waals surface area contributed by atoms with E-state index in [4.69, 9.17) is 30.9 Å². The number of rotatable bonds is 12. The number of anilines is 1. The third-order valence-corrected chi connectivity index (χ3v) is 6.39. The minimum atomic E-state index is -0.900. The summed E-state index contributed by atoms with van der Waals surface area (Å²) in [6.45, 7) is 3.65. The molecule has 38 heavy (non-hydrogen) atoms. The predicted octanol–water partition coefficient (Wildman–Crippen LogP) is 5.40. The van der Waals surface area contributed by atoms with Crippen LogP contribution in [-0.4, -0.2) is 36.0 Å². The van der Waals surface area contributed by atoms with Crippen LogP contribution in [0.1, 0.15) is 66.1 Å². The van der Waals surface area contributed by atoms with Gasteiger partial charge in [-0.1, -0.05) is 23.3 Å². The molecule has 202 valence electrons. The van der Waals surface area contributed by atoms with E-state index in [1.807, 2.05) is 13.0 Å². The maximum Gasteiger partial charge on any atom is 0.342 e. The molecule has 2 N–H and O–H groups in total. The highest BCUT2D eigenvalue weighted by molar-refractivity contribution is 6.30. The van der Waals surface area contributed by atoms with Gasteiger partial charge in [0.15, 0.2) is 5.75 Å². The summed E-state index contributed by atoms with van der Waals surface area (Å²) in [5.41, 5.74) is 3.40. The van der Waals surface area contributed by atoms with E-state index in [0.29, 0.717) is 39.6 Å². The van der Waals surface area contributed by atoms with E-state index in [1.54, 1.807) is 31.2 Å². The van der Waals surface area contributed by atoms with Gasteiger partial charge in [0, 0.05) is 41.1 Å². The van der Waals surface area contributed by atoms with E-state index in [2.05, 4.69) is 5.32 Å². The first-order chi connectivity index (χ1) is 18.1. The number of hydrogen-bond acceptors (Lipinski definition) is 7. The molecule has 1 aliphatic heterocycles. The lowest BCUT2D eigenvalue weighted by Gasteiger charge is -2.19. The second-order valence-corrected chi connectivity index (χ2v) is 9.36. The number of halogens is 1. The van der Waals surface area contributed by atoms with Crippen LogP contribution in [0.15, 0.2) is 35.9 Å². The molecule has 10 heteroatoms. The Morgan fingerprint density at radius 1 is 1.11 bits per heavy atom. The van der Waals surface area contributed by atoms with Crippen LogP contribution < -0.4 is 14.8 Å². The van der Waals surface area contributed by atoms with Crippen molar-refractivity contribution >= 4 is 41.1 Å². The Balaban J connectivity index is 1.75. The van der Waals surface area contributed by atoms with Crippen LogP contribution in [0.2, 0.25) is 5.02 Å². The minimum Gasteiger partial charge on any atom is -0.496 e. The van der Waals surface area contributed by atoms with Crippen molar-refractivity contribution in [2.75, 3.05) is 12.4 Å². The van der Waals surface area contributed by atoms with E-state index in [9.17, 15) is 19.2 Å². The highest BCUT2D eigenvalue weighted by Gasteiger charge is 2.34. The van der Waals surface area contributed by atoms with Gasteiger partial charge in [-0.3, -0.25) is 14.4 Å². The van der Waals surface area contributed by atoms with E-state index in [0.717, 1.165) is 5.57 Å². The van der Waals surface area contributed by atoms with Crippen LogP contribution in [-0.2, 0) is 32.1 Å². The third-order valence-electron chi connectivity index (χ3n) is 6.14. The molecule has 2 aromatic carbocycles. The number of fused-ring (bicyclic) bond motifs is 1. The second-order valence-electron chi connectivity index (χ2n) is 8.93. The Morgan fingerprint density at radius 2 is 1.82 bits per heavy atom. The van der Waals surface area contributed by atoms with Crippen LogP contribution in [0.3, 0.4) is 0 Å². The van der Waals surface area contributed by atoms with Gasteiger partial charge in [-0.25, -0.2) is 4.79 Å². The van der Waals surface area contributed by atoms with Crippen molar-refractivity contribution in [3.8, 4) is 11.5 Å². The predicted molar refractivity (Wildman–Crippen MR) is 141 cm³/mol. The van der Waals surface area contributed by atoms with Crippen molar-refractivity contribution in [3.63, 3.8) is 0 Å². The molecule has 1 aliphatic rings. The van der Waals surface area contributed by atoms with Gasteiger partial charge in [0.2, 0.25) is 5.91 Å². The second kappa shape index (κ2) is 13.1. The summed E-state index contributed by atoms with van der Waals surface area (Å²) in [5.74, 6) is -1.82. The average Bonchev–Trinajstić information content (AvgIpc) is 3.26. The number of carbonyl (C=O) groups is 4. The van der Waals surface area contributed by atoms with Gasteiger partial charge in [-0.05, 0) is 62.9 Å². The summed E-state index contributed by atoms with van der Waals surface area (Å²) in [6, 6.07) is 6.68. The summed E-state index contributed by atoms with van der Waals surface area (Å²) in [4.78, 5) is 48.5. The molecule has 0 bridgehead atoms. The minimum absolute atomic E-state index is 0.0115. The number of carboxylic acids is 1. The van der Waals surface area contributed by atoms with E-state index >= 15 is 0 Å². The van der Waals surface area contributed by atoms with Crippen LogP contribution >= 0.6 is 11.6 Å². The van der Waals surface area contributed by atoms with Crippen molar-refractivity contribution in [3.05, 3.63) is 63.2 Å². The van der Waals surface area contributed by atoms with Crippen molar-refractivity contribution in [1.82, 2.24) is 0 Å². The lowest BCUT2D eigenvalue weighted by Crippen LogP contribution is -2.16. The van der Waals surface area contributed by atoms with Crippen LogP contribution in [0.4, 0.5) is 5.69 Å². The number of amides is 1. The van der Waals surface area contributed by atoms with Gasteiger partial charge >= 0.3 is 17.9 Å². The molecule has 0 aliphatic carbocycles. The first kappa shape index (κ1) is 28.7. The standard InChI is InChI=1S/C28H30ClNO8/c1-16(8-14-23(32)33)7-13-20-26(36-3)17(2)21-15-37-28(35)25(21)27(20)38-24(34)6-4-5-22(31)30-19-11-9-18(29)10-12-19/h7,9-12H,4-6,8,13-15H2,1-3H3,(H,30,31)(H,32,33). The smallest absolute Gasteiger partial charge is 0.342 e. The lowest BCUT2D eigenvalue weighted by molar-refractivity contribution is -0.137. The molecule has 9 nitrogen and oxygen atoms in total. The molecule has 0 spiro atoms. The van der Waals surface area contributed by atoms with Crippen LogP contribution in [0, 0.1) is 6.92 Å². The van der Waals surface area contributed by atoms with Gasteiger partial charge in [-0.2, -0.15) is 0 Å². The first-order valence-electron chi connectivity index (χ1n) is 12.1. The highest BCUT2D eigenvalue weighted by Crippen LogP contribution is 2.43. The number of methoxy groups -OCH3 is 1. The van der Waals surface area contributed by atoms with E-state index in [1.165, 1.54) is 7.11 Å². The number of carbonyl (C=O) groups excluding carboxylic acids is 3. The summed E-state index contributed by atoms with van der Waals surface area (Å²) in [5, 5.41) is 12.2. The fourth-order valence-electron chi connectivity index (χ4n) is 4.12. The monoisotopic (exact) mass is 543 g/mol. The van der Waals surface area contributed by atoms with Crippen LogP contribution in [0.25, 0.3) is 0 Å². The molecule has 1 heterocycles. The Morgan fingerprint density at radius 3 is 2.47 bits per heavy atom. The van der Waals surface area contributed by atoms with Crippen molar-refractivity contribution < 1.29 is 38.5 Å². The third kappa shape index (κ3) is 7.35. The van der Waals surface area contributed by atoms with Gasteiger partial charge in [0.1, 0.15) is 17.9 Å². The summed E-state index contributed by atoms with van der Waals surface area (Å²) in [7, 11) is 1.49. The molecule has 0 saturated heterocycles. The van der Waals surface area contributed by atoms with Crippen molar-refractivity contribution in [1.29, 1.82) is 0 Å². The lowest BCUT2D eigenvalue weighted by atomic mass is 9.94. The largest absolute Gasteiger partial charge is 0.496 e. The number of hydrogen-bond donors (Lipinski definition) is 2. The number of aliphatic carboxylic acids is 1. The fraction of sp³-hybridized carbons (Fsp3) is 0.357. The highest BCUT2D eigenvalue weighted by atomic mass is 35.5. The van der Waals surface area contributed by atoms with E-state index < -0.39 is 17.9 Å². The molecule has 2 aromatic rings. The zero-order valence-corrected chi connectivity index (χ0v) is 22.3. The normalized spacial score (nSPS) is 12.5. The number of allylic oxidation sites excluding steroid dienone is 2. The molecule has 0 atom stereocenters. The maximum absolute atomic E-state index is 12.8. The molecule has 0 aromatic heterocycles. The first-order valence-corrected chi connectivity index (χ1v) is 12.5. The molecule has 1 amide bonds. The topological polar surface area (TPSA) is 128 Å². The van der Waals surface area contributed by atoms with Crippen molar-refractivity contribution in [2.24, 2.45) is 0 Å². The Bertz CT molecular complexity index is 1270. The number of ether oxygens (including phenoxy) is 3. The molecule has 3 rings (SSSR count). The van der Waals surface area contributed by atoms with Crippen molar-refractivity contribution in [2.45, 2.75) is 59.0 Å². The van der Waals surface area contributed by atoms with Gasteiger partial charge < -0.3 is 24.6 Å². The number of nitrogens with one attached hydrogen (secondary N) is 1. The van der Waals surface area contributed by atoms with Crippen LogP contribution in [0.5, 0.6) is 11.5 Å². The molecule has 0 unspecified atom stereocenters. The molecule has 0 radical (unpaired) electrons. The SMILES string of the molecule is COc1c(C)c2c(c(OC(=O)CCCC(=O)Nc3ccc(Cl)cc3)c1CC=C(C)CCC(=O)O)C(=O)OC2. The Hall–Kier alpha value is -3.85. The Labute approximate surface area is 225 Å². The Kier molecular flexibility index (Phi) is 9.90. The molecular formula is C28H30ClNO8. The zero-order valence-electron chi connectivity index (χ0n) is 21.5. The summed E-state index contributed by atoms with van der Waals surface area (Å²) < 4.78 is 16.6. The number of cyclic esters (lactones) is 1. The zero-order chi connectivity index (χ0) is 27.8. The van der Waals surface area contributed by atoms with Gasteiger partial charge in [0.25, 0.3) is 0 Å². The number of esters is 2. The average molecular weight is 544 g/mol. The number of benzene rings is 2. The molecule has 0 fully saturated rings. The number of carboxylic acid groups (broad SMARTS) is 1. The summed E-state index contributed by atoms with van der Waals surface area (Å²) in [6.07, 6.45) is 2.69. The van der Waals surface area contributed by atoms with Gasteiger partial charge in [0.05, 0.1) is 7.11 Å². The maximum atomic E-state index is 12.8. The quantitative estimate of drug-likeness (QED) is 0.207. The van der Waals surface area contributed by atoms with E-state index in [-0.39, 0.29) is 55.9 Å². The molecular weight excluding hydrogens is 514 g/mol. The summed E-state index contributed by atoms with van der Waals surface area (Å²) >= 11 is 5.85. The fourth-order valence-corrected chi connectivity index (χ4v) is 4.25.